The quantitative estimate of drug-likeness (QED) is 0.893. The van der Waals surface area contributed by atoms with Crippen LogP contribution in [0.3, 0.4) is 0 Å². The molecule has 2 atom stereocenters. The van der Waals surface area contributed by atoms with Gasteiger partial charge < -0.3 is 15.1 Å². The van der Waals surface area contributed by atoms with Crippen LogP contribution in [0.15, 0.2) is 24.3 Å². The Bertz CT molecular complexity index is 557. The minimum Gasteiger partial charge on any atom is -0.370 e. The van der Waals surface area contributed by atoms with Crippen molar-refractivity contribution in [2.24, 2.45) is 0 Å². The molecule has 1 N–H and O–H groups in total. The lowest BCUT2D eigenvalue weighted by Crippen LogP contribution is -2.41. The molecule has 0 saturated carbocycles. The zero-order valence-electron chi connectivity index (χ0n) is 14.2. The lowest BCUT2D eigenvalue weighted by Gasteiger charge is -2.22. The summed E-state index contributed by atoms with van der Waals surface area (Å²) in [7, 11) is 3.47. The van der Waals surface area contributed by atoms with E-state index in [9.17, 15) is 18.0 Å². The molecule has 1 aromatic rings. The van der Waals surface area contributed by atoms with E-state index in [-0.39, 0.29) is 18.0 Å². The fraction of sp³-hybridized carbons (Fsp3) is 0.588. The smallest absolute Gasteiger partial charge is 0.370 e. The van der Waals surface area contributed by atoms with Gasteiger partial charge in [0, 0.05) is 51.4 Å². The van der Waals surface area contributed by atoms with E-state index < -0.39 is 11.7 Å². The summed E-state index contributed by atoms with van der Waals surface area (Å²) in [6.45, 7) is 3.49. The fourth-order valence-electron chi connectivity index (χ4n) is 2.90. The molecule has 1 aliphatic heterocycles. The molecule has 7 heteroatoms. The summed E-state index contributed by atoms with van der Waals surface area (Å²) in [5.41, 5.74) is 0.167. The van der Waals surface area contributed by atoms with Gasteiger partial charge in [-0.2, -0.15) is 13.2 Å². The molecule has 0 bridgehead atoms. The first-order valence-corrected chi connectivity index (χ1v) is 8.05. The number of amides is 1. The van der Waals surface area contributed by atoms with E-state index in [0.717, 1.165) is 37.3 Å². The van der Waals surface area contributed by atoms with Gasteiger partial charge in [0.1, 0.15) is 0 Å². The summed E-state index contributed by atoms with van der Waals surface area (Å²) in [6, 6.07) is 5.58. The topological polar surface area (TPSA) is 35.6 Å². The standard InChI is InChI=1S/C17H24F3N3O/c1-12(10-16(24)22(2)3)21-14-8-9-23(11-14)15-6-4-13(5-7-15)17(18,19)20/h4-7,12,14,21H,8-11H2,1-3H3. The lowest BCUT2D eigenvalue weighted by molar-refractivity contribution is -0.137. The van der Waals surface area contributed by atoms with Crippen LogP contribution in [0, 0.1) is 0 Å². The Kier molecular flexibility index (Phi) is 5.74. The van der Waals surface area contributed by atoms with Crippen LogP contribution in [0.4, 0.5) is 18.9 Å². The van der Waals surface area contributed by atoms with Crippen LogP contribution in [-0.4, -0.2) is 50.1 Å². The van der Waals surface area contributed by atoms with Gasteiger partial charge in [0.15, 0.2) is 0 Å². The number of hydrogen-bond acceptors (Lipinski definition) is 3. The van der Waals surface area contributed by atoms with E-state index in [1.165, 1.54) is 12.1 Å². The van der Waals surface area contributed by atoms with Crippen LogP contribution in [-0.2, 0) is 11.0 Å². The fourth-order valence-corrected chi connectivity index (χ4v) is 2.90. The molecule has 1 fully saturated rings. The Balaban J connectivity index is 1.87. The van der Waals surface area contributed by atoms with E-state index in [1.54, 1.807) is 19.0 Å². The summed E-state index contributed by atoms with van der Waals surface area (Å²) in [4.78, 5) is 15.3. The maximum atomic E-state index is 12.6. The van der Waals surface area contributed by atoms with Crippen molar-refractivity contribution in [1.29, 1.82) is 0 Å². The summed E-state index contributed by atoms with van der Waals surface area (Å²) < 4.78 is 37.8. The largest absolute Gasteiger partial charge is 0.416 e. The molecule has 2 rings (SSSR count). The summed E-state index contributed by atoms with van der Waals surface area (Å²) in [5, 5.41) is 3.43. The maximum absolute atomic E-state index is 12.6. The van der Waals surface area contributed by atoms with Gasteiger partial charge in [-0.3, -0.25) is 4.79 Å². The molecule has 134 valence electrons. The van der Waals surface area contributed by atoms with Crippen LogP contribution in [0.2, 0.25) is 0 Å². The Morgan fingerprint density at radius 1 is 1.33 bits per heavy atom. The molecule has 1 saturated heterocycles. The first-order valence-electron chi connectivity index (χ1n) is 8.05. The van der Waals surface area contributed by atoms with Gasteiger partial charge in [-0.25, -0.2) is 0 Å². The number of carbonyl (C=O) groups is 1. The molecule has 1 heterocycles. The number of hydrogen-bond donors (Lipinski definition) is 1. The maximum Gasteiger partial charge on any atom is 0.416 e. The third-order valence-electron chi connectivity index (χ3n) is 4.25. The molecule has 0 aliphatic carbocycles. The minimum atomic E-state index is -4.30. The molecule has 0 radical (unpaired) electrons. The Labute approximate surface area is 140 Å². The first kappa shape index (κ1) is 18.6. The number of nitrogens with zero attached hydrogens (tertiary/aromatic N) is 2. The predicted molar refractivity (Wildman–Crippen MR) is 88.0 cm³/mol. The zero-order valence-corrected chi connectivity index (χ0v) is 14.2. The first-order chi connectivity index (χ1) is 11.2. The number of carbonyl (C=O) groups excluding carboxylic acids is 1. The van der Waals surface area contributed by atoms with Crippen molar-refractivity contribution >= 4 is 11.6 Å². The van der Waals surface area contributed by atoms with Crippen LogP contribution >= 0.6 is 0 Å². The van der Waals surface area contributed by atoms with E-state index >= 15 is 0 Å². The molecule has 1 amide bonds. The third-order valence-corrected chi connectivity index (χ3v) is 4.25. The summed E-state index contributed by atoms with van der Waals surface area (Å²) in [6.07, 6.45) is -2.96. The average molecular weight is 343 g/mol. The highest BCUT2D eigenvalue weighted by molar-refractivity contribution is 5.76. The van der Waals surface area contributed by atoms with Crippen LogP contribution < -0.4 is 10.2 Å². The number of halogens is 3. The zero-order chi connectivity index (χ0) is 17.9. The van der Waals surface area contributed by atoms with Gasteiger partial charge in [0.25, 0.3) is 0 Å². The Morgan fingerprint density at radius 3 is 2.50 bits per heavy atom. The van der Waals surface area contributed by atoms with Gasteiger partial charge in [-0.1, -0.05) is 0 Å². The van der Waals surface area contributed by atoms with Crippen LogP contribution in [0.1, 0.15) is 25.3 Å². The number of anilines is 1. The van der Waals surface area contributed by atoms with Crippen molar-refractivity contribution < 1.29 is 18.0 Å². The molecule has 24 heavy (non-hydrogen) atoms. The molecule has 4 nitrogen and oxygen atoms in total. The Hall–Kier alpha value is -1.76. The third kappa shape index (κ3) is 4.87. The van der Waals surface area contributed by atoms with Gasteiger partial charge in [-0.15, -0.1) is 0 Å². The molecule has 0 spiro atoms. The van der Waals surface area contributed by atoms with Crippen LogP contribution in [0.5, 0.6) is 0 Å². The molecular weight excluding hydrogens is 319 g/mol. The highest BCUT2D eigenvalue weighted by atomic mass is 19.4. The van der Waals surface area contributed by atoms with Crippen molar-refractivity contribution in [3.05, 3.63) is 29.8 Å². The van der Waals surface area contributed by atoms with Crippen molar-refractivity contribution in [2.45, 2.75) is 38.0 Å². The average Bonchev–Trinajstić information content (AvgIpc) is 2.94. The normalized spacial score (nSPS) is 19.4. The van der Waals surface area contributed by atoms with Crippen molar-refractivity contribution in [3.63, 3.8) is 0 Å². The molecule has 1 aromatic carbocycles. The van der Waals surface area contributed by atoms with Crippen molar-refractivity contribution in [1.82, 2.24) is 10.2 Å². The second-order valence-corrected chi connectivity index (χ2v) is 6.54. The monoisotopic (exact) mass is 343 g/mol. The molecule has 0 aromatic heterocycles. The SMILES string of the molecule is CC(CC(=O)N(C)C)NC1CCN(c2ccc(C(F)(F)F)cc2)C1. The van der Waals surface area contributed by atoms with E-state index in [4.69, 9.17) is 0 Å². The van der Waals surface area contributed by atoms with Crippen LogP contribution in [0.25, 0.3) is 0 Å². The van der Waals surface area contributed by atoms with Gasteiger partial charge >= 0.3 is 6.18 Å². The highest BCUT2D eigenvalue weighted by Gasteiger charge is 2.31. The van der Waals surface area contributed by atoms with Gasteiger partial charge in [-0.05, 0) is 37.6 Å². The second-order valence-electron chi connectivity index (χ2n) is 6.54. The Morgan fingerprint density at radius 2 is 1.96 bits per heavy atom. The highest BCUT2D eigenvalue weighted by Crippen LogP contribution is 2.31. The van der Waals surface area contributed by atoms with Gasteiger partial charge in [0.05, 0.1) is 5.56 Å². The number of nitrogens with one attached hydrogen (secondary N) is 1. The molecule has 2 unspecified atom stereocenters. The molecule has 1 aliphatic rings. The number of alkyl halides is 3. The van der Waals surface area contributed by atoms with E-state index in [1.807, 2.05) is 6.92 Å². The second kappa shape index (κ2) is 7.42. The number of rotatable bonds is 5. The summed E-state index contributed by atoms with van der Waals surface area (Å²) >= 11 is 0. The van der Waals surface area contributed by atoms with E-state index in [2.05, 4.69) is 10.2 Å². The van der Waals surface area contributed by atoms with Gasteiger partial charge in [0.2, 0.25) is 5.91 Å². The minimum absolute atomic E-state index is 0.0671. The van der Waals surface area contributed by atoms with E-state index in [0.29, 0.717) is 6.42 Å². The lowest BCUT2D eigenvalue weighted by atomic mass is 10.1. The predicted octanol–water partition coefficient (Wildman–Crippen LogP) is 2.74. The van der Waals surface area contributed by atoms with Crippen molar-refractivity contribution in [3.8, 4) is 0 Å². The summed E-state index contributed by atoms with van der Waals surface area (Å²) in [5.74, 6) is 0.0765. The number of benzene rings is 1. The molecular formula is C17H24F3N3O. The van der Waals surface area contributed by atoms with Crippen molar-refractivity contribution in [2.75, 3.05) is 32.1 Å².